The monoisotopic (exact) mass is 270 g/mol. The molecule has 0 unspecified atom stereocenters. The summed E-state index contributed by atoms with van der Waals surface area (Å²) in [5, 5.41) is 8.86. The predicted molar refractivity (Wildman–Crippen MR) is 68.9 cm³/mol. The van der Waals surface area contributed by atoms with E-state index in [0.717, 1.165) is 13.0 Å². The molecule has 3 atom stereocenters. The van der Waals surface area contributed by atoms with Gasteiger partial charge in [-0.25, -0.2) is 4.79 Å². The number of hydrogen-bond donors (Lipinski definition) is 1. The topological polar surface area (TPSA) is 70.1 Å². The zero-order chi connectivity index (χ0) is 14.0. The van der Waals surface area contributed by atoms with E-state index in [9.17, 15) is 9.59 Å². The van der Waals surface area contributed by atoms with Gasteiger partial charge in [0.1, 0.15) is 0 Å². The predicted octanol–water partition coefficient (Wildman–Crippen LogP) is 0.870. The highest BCUT2D eigenvalue weighted by Gasteiger charge is 2.37. The second-order valence-corrected chi connectivity index (χ2v) is 5.62. The molecule has 0 bridgehead atoms. The number of amides is 2. The van der Waals surface area contributed by atoms with Gasteiger partial charge < -0.3 is 19.6 Å². The first kappa shape index (κ1) is 14.1. The standard InChI is InChI=1S/C13H22N2O4/c1-9-6-15(7-10(9)5-12(16)17)13(18)14-4-3-11(8-14)19-2/h9-11H,3-8H2,1-2H3,(H,16,17)/t9-,10-,11+/m1/s1. The summed E-state index contributed by atoms with van der Waals surface area (Å²) >= 11 is 0. The molecule has 6 nitrogen and oxygen atoms in total. The van der Waals surface area contributed by atoms with Crippen LogP contribution < -0.4 is 0 Å². The number of likely N-dealkylation sites (tertiary alicyclic amines) is 2. The van der Waals surface area contributed by atoms with E-state index in [1.54, 1.807) is 12.0 Å². The van der Waals surface area contributed by atoms with Gasteiger partial charge in [0, 0.05) is 33.3 Å². The van der Waals surface area contributed by atoms with Crippen molar-refractivity contribution in [2.75, 3.05) is 33.3 Å². The number of hydrogen-bond acceptors (Lipinski definition) is 3. The van der Waals surface area contributed by atoms with E-state index in [-0.39, 0.29) is 30.4 Å². The van der Waals surface area contributed by atoms with Crippen LogP contribution in [-0.4, -0.2) is 66.3 Å². The summed E-state index contributed by atoms with van der Waals surface area (Å²) in [7, 11) is 1.67. The van der Waals surface area contributed by atoms with Gasteiger partial charge >= 0.3 is 12.0 Å². The smallest absolute Gasteiger partial charge is 0.320 e. The van der Waals surface area contributed by atoms with Crippen LogP contribution >= 0.6 is 0 Å². The Hall–Kier alpha value is -1.30. The summed E-state index contributed by atoms with van der Waals surface area (Å²) in [5.41, 5.74) is 0. The van der Waals surface area contributed by atoms with E-state index < -0.39 is 5.97 Å². The van der Waals surface area contributed by atoms with Crippen LogP contribution in [0, 0.1) is 11.8 Å². The molecular formula is C13H22N2O4. The molecule has 2 fully saturated rings. The third-order valence-electron chi connectivity index (χ3n) is 4.22. The average Bonchev–Trinajstić information content (AvgIpc) is 2.95. The van der Waals surface area contributed by atoms with E-state index in [0.29, 0.717) is 19.6 Å². The summed E-state index contributed by atoms with van der Waals surface area (Å²) in [5.74, 6) is -0.463. The van der Waals surface area contributed by atoms with Gasteiger partial charge in [-0.2, -0.15) is 0 Å². The highest BCUT2D eigenvalue weighted by Crippen LogP contribution is 2.27. The van der Waals surface area contributed by atoms with Gasteiger partial charge in [-0.1, -0.05) is 6.92 Å². The Kier molecular flexibility index (Phi) is 4.29. The molecule has 0 aromatic heterocycles. The minimum atomic E-state index is -0.785. The Morgan fingerprint density at radius 2 is 2.00 bits per heavy atom. The zero-order valence-electron chi connectivity index (χ0n) is 11.5. The van der Waals surface area contributed by atoms with Gasteiger partial charge in [0.05, 0.1) is 12.5 Å². The molecule has 0 saturated carbocycles. The van der Waals surface area contributed by atoms with Crippen molar-refractivity contribution in [1.29, 1.82) is 0 Å². The van der Waals surface area contributed by atoms with Gasteiger partial charge in [-0.05, 0) is 18.3 Å². The summed E-state index contributed by atoms with van der Waals surface area (Å²) in [6.45, 7) is 4.60. The van der Waals surface area contributed by atoms with E-state index >= 15 is 0 Å². The van der Waals surface area contributed by atoms with E-state index in [1.165, 1.54) is 0 Å². The molecule has 2 saturated heterocycles. The molecule has 2 aliphatic heterocycles. The van der Waals surface area contributed by atoms with Gasteiger partial charge in [-0.15, -0.1) is 0 Å². The number of carboxylic acid groups (broad SMARTS) is 1. The Morgan fingerprint density at radius 3 is 2.58 bits per heavy atom. The normalized spacial score (nSPS) is 30.9. The van der Waals surface area contributed by atoms with Crippen LogP contribution in [0.1, 0.15) is 19.8 Å². The third kappa shape index (κ3) is 3.18. The number of carboxylic acids is 1. The Labute approximate surface area is 113 Å². The number of urea groups is 1. The summed E-state index contributed by atoms with van der Waals surface area (Å²) in [6.07, 6.45) is 1.16. The number of carbonyl (C=O) groups excluding carboxylic acids is 1. The molecule has 1 N–H and O–H groups in total. The van der Waals surface area contributed by atoms with Crippen molar-refractivity contribution >= 4 is 12.0 Å². The molecular weight excluding hydrogens is 248 g/mol. The Morgan fingerprint density at radius 1 is 1.26 bits per heavy atom. The molecule has 19 heavy (non-hydrogen) atoms. The van der Waals surface area contributed by atoms with Crippen molar-refractivity contribution < 1.29 is 19.4 Å². The molecule has 0 radical (unpaired) electrons. The molecule has 2 rings (SSSR count). The van der Waals surface area contributed by atoms with Crippen molar-refractivity contribution in [3.63, 3.8) is 0 Å². The lowest BCUT2D eigenvalue weighted by molar-refractivity contribution is -0.138. The van der Waals surface area contributed by atoms with Gasteiger partial charge in [0.25, 0.3) is 0 Å². The average molecular weight is 270 g/mol. The van der Waals surface area contributed by atoms with Crippen LogP contribution in [0.5, 0.6) is 0 Å². The maximum Gasteiger partial charge on any atom is 0.320 e. The lowest BCUT2D eigenvalue weighted by Crippen LogP contribution is -2.41. The summed E-state index contributed by atoms with van der Waals surface area (Å²) in [4.78, 5) is 26.7. The van der Waals surface area contributed by atoms with Crippen molar-refractivity contribution in [3.05, 3.63) is 0 Å². The van der Waals surface area contributed by atoms with Crippen LogP contribution in [0.4, 0.5) is 4.79 Å². The number of methoxy groups -OCH3 is 1. The fraction of sp³-hybridized carbons (Fsp3) is 0.846. The minimum Gasteiger partial charge on any atom is -0.481 e. The lowest BCUT2D eigenvalue weighted by atomic mass is 9.95. The first-order valence-electron chi connectivity index (χ1n) is 6.79. The van der Waals surface area contributed by atoms with Crippen LogP contribution in [0.3, 0.4) is 0 Å². The van der Waals surface area contributed by atoms with Crippen LogP contribution in [0.25, 0.3) is 0 Å². The SMILES string of the molecule is CO[C@H]1CCN(C(=O)N2C[C@@H](CC(=O)O)[C@H](C)C2)C1. The molecule has 6 heteroatoms. The number of aliphatic carboxylic acids is 1. The Balaban J connectivity index is 1.89. The van der Waals surface area contributed by atoms with Crippen LogP contribution in [0.15, 0.2) is 0 Å². The van der Waals surface area contributed by atoms with Gasteiger partial charge in [0.2, 0.25) is 0 Å². The van der Waals surface area contributed by atoms with Crippen LogP contribution in [0.2, 0.25) is 0 Å². The molecule has 2 aliphatic rings. The second-order valence-electron chi connectivity index (χ2n) is 5.62. The highest BCUT2D eigenvalue weighted by atomic mass is 16.5. The largest absolute Gasteiger partial charge is 0.481 e. The van der Waals surface area contributed by atoms with Gasteiger partial charge in [-0.3, -0.25) is 4.79 Å². The minimum absolute atomic E-state index is 0.0271. The van der Waals surface area contributed by atoms with Crippen LogP contribution in [-0.2, 0) is 9.53 Å². The summed E-state index contributed by atoms with van der Waals surface area (Å²) in [6, 6.07) is 0.0271. The molecule has 2 heterocycles. The van der Waals surface area contributed by atoms with E-state index in [2.05, 4.69) is 0 Å². The molecule has 0 aromatic rings. The molecule has 0 aromatic carbocycles. The first-order chi connectivity index (χ1) is 9.01. The third-order valence-corrected chi connectivity index (χ3v) is 4.22. The number of nitrogens with zero attached hydrogens (tertiary/aromatic N) is 2. The maximum atomic E-state index is 12.3. The van der Waals surface area contributed by atoms with Gasteiger partial charge in [0.15, 0.2) is 0 Å². The molecule has 0 spiro atoms. The van der Waals surface area contributed by atoms with E-state index in [1.807, 2.05) is 11.8 Å². The second kappa shape index (κ2) is 5.77. The maximum absolute atomic E-state index is 12.3. The molecule has 0 aliphatic carbocycles. The fourth-order valence-electron chi connectivity index (χ4n) is 2.97. The van der Waals surface area contributed by atoms with Crippen molar-refractivity contribution in [3.8, 4) is 0 Å². The van der Waals surface area contributed by atoms with Crippen molar-refractivity contribution in [1.82, 2.24) is 9.80 Å². The number of carbonyl (C=O) groups is 2. The zero-order valence-corrected chi connectivity index (χ0v) is 11.5. The van der Waals surface area contributed by atoms with Crippen molar-refractivity contribution in [2.24, 2.45) is 11.8 Å². The lowest BCUT2D eigenvalue weighted by Gasteiger charge is -2.24. The number of ether oxygens (including phenoxy) is 1. The van der Waals surface area contributed by atoms with E-state index in [4.69, 9.17) is 9.84 Å². The van der Waals surface area contributed by atoms with Crippen molar-refractivity contribution in [2.45, 2.75) is 25.9 Å². The summed E-state index contributed by atoms with van der Waals surface area (Å²) < 4.78 is 5.26. The fourth-order valence-corrected chi connectivity index (χ4v) is 2.97. The first-order valence-corrected chi connectivity index (χ1v) is 6.79. The highest BCUT2D eigenvalue weighted by molar-refractivity contribution is 5.75. The molecule has 2 amide bonds. The Bertz CT molecular complexity index is 361. The quantitative estimate of drug-likeness (QED) is 0.826. The molecule has 108 valence electrons. The number of rotatable bonds is 3.